The van der Waals surface area contributed by atoms with Crippen molar-refractivity contribution >= 4 is 23.3 Å². The van der Waals surface area contributed by atoms with Gasteiger partial charge in [0.1, 0.15) is 5.15 Å². The van der Waals surface area contributed by atoms with E-state index in [9.17, 15) is 13.6 Å². The number of halogens is 3. The van der Waals surface area contributed by atoms with Crippen molar-refractivity contribution in [3.05, 3.63) is 47.4 Å². The van der Waals surface area contributed by atoms with Crippen molar-refractivity contribution in [3.8, 4) is 11.4 Å². The van der Waals surface area contributed by atoms with Crippen LogP contribution in [0.1, 0.15) is 30.7 Å². The number of hydrogen-bond donors (Lipinski definition) is 2. The predicted molar refractivity (Wildman–Crippen MR) is 100 cm³/mol. The molecule has 4 rings (SSSR count). The number of carbonyl (C=O) groups excluding carboxylic acids is 1. The SMILES string of the molecule is O=C(Nc1cnc(Cl)cn1)C(c1ccc(-c2nn[nH]n2)cc1)C1CCC(F)(F)C1. The minimum Gasteiger partial charge on any atom is -0.309 e. The number of H-pyrrole nitrogens is 1. The third kappa shape index (κ3) is 4.37. The van der Waals surface area contributed by atoms with Crippen LogP contribution in [0.5, 0.6) is 0 Å². The van der Waals surface area contributed by atoms with Crippen LogP contribution < -0.4 is 5.32 Å². The average molecular weight is 420 g/mol. The normalized spacial score (nSPS) is 19.1. The third-order valence-corrected chi connectivity index (χ3v) is 5.14. The van der Waals surface area contributed by atoms with Gasteiger partial charge < -0.3 is 5.32 Å². The van der Waals surface area contributed by atoms with Gasteiger partial charge in [-0.05, 0) is 23.1 Å². The first-order chi connectivity index (χ1) is 13.9. The van der Waals surface area contributed by atoms with E-state index < -0.39 is 23.7 Å². The van der Waals surface area contributed by atoms with Crippen LogP contribution in [0.3, 0.4) is 0 Å². The average Bonchev–Trinajstić information content (AvgIpc) is 3.34. The second-order valence-corrected chi connectivity index (χ2v) is 7.29. The molecule has 0 bridgehead atoms. The molecule has 0 spiro atoms. The number of aromatic nitrogens is 6. The summed E-state index contributed by atoms with van der Waals surface area (Å²) < 4.78 is 27.7. The van der Waals surface area contributed by atoms with Crippen LogP contribution in [0.25, 0.3) is 11.4 Å². The second-order valence-electron chi connectivity index (χ2n) is 6.91. The fraction of sp³-hybridized carbons (Fsp3) is 0.333. The molecule has 29 heavy (non-hydrogen) atoms. The fourth-order valence-corrected chi connectivity index (χ4v) is 3.71. The number of hydrogen-bond acceptors (Lipinski definition) is 6. The van der Waals surface area contributed by atoms with E-state index in [-0.39, 0.29) is 30.2 Å². The summed E-state index contributed by atoms with van der Waals surface area (Å²) in [6, 6.07) is 6.91. The molecule has 0 saturated heterocycles. The number of nitrogens with zero attached hydrogens (tertiary/aromatic N) is 5. The number of rotatable bonds is 5. The quantitative estimate of drug-likeness (QED) is 0.655. The number of tetrazole rings is 1. The van der Waals surface area contributed by atoms with Gasteiger partial charge in [-0.15, -0.1) is 10.2 Å². The Morgan fingerprint density at radius 2 is 2.03 bits per heavy atom. The first kappa shape index (κ1) is 19.3. The molecular formula is C18H16ClF2N7O. The van der Waals surface area contributed by atoms with Gasteiger partial charge in [0, 0.05) is 18.4 Å². The minimum atomic E-state index is -2.77. The smallest absolute Gasteiger partial charge is 0.248 e. The fourth-order valence-electron chi connectivity index (χ4n) is 3.61. The van der Waals surface area contributed by atoms with Gasteiger partial charge in [0.25, 0.3) is 0 Å². The van der Waals surface area contributed by atoms with Crippen molar-refractivity contribution < 1.29 is 13.6 Å². The van der Waals surface area contributed by atoms with Gasteiger partial charge in [-0.1, -0.05) is 35.9 Å². The highest BCUT2D eigenvalue weighted by Crippen LogP contribution is 2.45. The summed E-state index contributed by atoms with van der Waals surface area (Å²) in [4.78, 5) is 20.9. The zero-order valence-electron chi connectivity index (χ0n) is 15.0. The molecule has 2 N–H and O–H groups in total. The summed E-state index contributed by atoms with van der Waals surface area (Å²) in [5, 5.41) is 16.5. The molecule has 0 aliphatic heterocycles. The summed E-state index contributed by atoms with van der Waals surface area (Å²) >= 11 is 5.71. The second kappa shape index (κ2) is 7.78. The largest absolute Gasteiger partial charge is 0.309 e. The summed E-state index contributed by atoms with van der Waals surface area (Å²) in [6.07, 6.45) is 2.30. The highest BCUT2D eigenvalue weighted by molar-refractivity contribution is 6.29. The van der Waals surface area contributed by atoms with Gasteiger partial charge in [0.15, 0.2) is 5.82 Å². The molecule has 1 saturated carbocycles. The third-order valence-electron chi connectivity index (χ3n) is 4.94. The van der Waals surface area contributed by atoms with Gasteiger partial charge in [0.2, 0.25) is 17.7 Å². The standard InChI is InChI=1S/C18H16ClF2N7O/c19-13-8-23-14(9-22-13)24-17(29)15(12-5-6-18(20,21)7-12)10-1-3-11(4-2-10)16-25-27-28-26-16/h1-4,8-9,12,15H,5-7H2,(H,23,24,29)(H,25,26,27,28). The first-order valence-electron chi connectivity index (χ1n) is 8.91. The van der Waals surface area contributed by atoms with Crippen molar-refractivity contribution in [2.45, 2.75) is 31.1 Å². The zero-order valence-corrected chi connectivity index (χ0v) is 15.8. The summed E-state index contributed by atoms with van der Waals surface area (Å²) in [7, 11) is 0. The van der Waals surface area contributed by atoms with Crippen LogP contribution in [-0.2, 0) is 4.79 Å². The Morgan fingerprint density at radius 3 is 2.62 bits per heavy atom. The van der Waals surface area contributed by atoms with Crippen LogP contribution in [0.2, 0.25) is 5.15 Å². The molecule has 2 unspecified atom stereocenters. The Labute approximate surface area is 169 Å². The highest BCUT2D eigenvalue weighted by Gasteiger charge is 2.45. The summed E-state index contributed by atoms with van der Waals surface area (Å²) in [6.45, 7) is 0. The topological polar surface area (TPSA) is 109 Å². The van der Waals surface area contributed by atoms with Crippen LogP contribution in [0, 0.1) is 5.92 Å². The molecule has 3 aromatic rings. The van der Waals surface area contributed by atoms with Crippen LogP contribution in [0.15, 0.2) is 36.7 Å². The monoisotopic (exact) mass is 419 g/mol. The van der Waals surface area contributed by atoms with Crippen molar-refractivity contribution in [2.24, 2.45) is 5.92 Å². The predicted octanol–water partition coefficient (Wildman–Crippen LogP) is 3.47. The lowest BCUT2D eigenvalue weighted by atomic mass is 9.83. The van der Waals surface area contributed by atoms with E-state index in [0.29, 0.717) is 17.0 Å². The van der Waals surface area contributed by atoms with E-state index in [1.807, 2.05) is 0 Å². The van der Waals surface area contributed by atoms with Gasteiger partial charge in [-0.25, -0.2) is 18.7 Å². The molecule has 1 aliphatic rings. The lowest BCUT2D eigenvalue weighted by Crippen LogP contribution is -2.28. The number of benzene rings is 1. The minimum absolute atomic E-state index is 0.187. The Kier molecular flexibility index (Phi) is 5.18. The van der Waals surface area contributed by atoms with Crippen molar-refractivity contribution in [1.82, 2.24) is 30.6 Å². The van der Waals surface area contributed by atoms with E-state index in [1.165, 1.54) is 12.4 Å². The molecular weight excluding hydrogens is 404 g/mol. The van der Waals surface area contributed by atoms with Gasteiger partial charge >= 0.3 is 0 Å². The number of anilines is 1. The maximum absolute atomic E-state index is 13.9. The molecule has 1 aromatic carbocycles. The van der Waals surface area contributed by atoms with Gasteiger partial charge in [-0.3, -0.25) is 4.79 Å². The van der Waals surface area contributed by atoms with Crippen molar-refractivity contribution in [1.29, 1.82) is 0 Å². The highest BCUT2D eigenvalue weighted by atomic mass is 35.5. The van der Waals surface area contributed by atoms with E-state index >= 15 is 0 Å². The summed E-state index contributed by atoms with van der Waals surface area (Å²) in [5.74, 6) is -3.84. The number of alkyl halides is 2. The first-order valence-corrected chi connectivity index (χ1v) is 9.29. The van der Waals surface area contributed by atoms with Crippen LogP contribution in [-0.4, -0.2) is 42.4 Å². The van der Waals surface area contributed by atoms with E-state index in [1.54, 1.807) is 24.3 Å². The van der Waals surface area contributed by atoms with E-state index in [4.69, 9.17) is 11.6 Å². The Morgan fingerprint density at radius 1 is 1.24 bits per heavy atom. The Hall–Kier alpha value is -3.01. The molecule has 150 valence electrons. The number of nitrogens with one attached hydrogen (secondary N) is 2. The van der Waals surface area contributed by atoms with E-state index in [0.717, 1.165) is 0 Å². The van der Waals surface area contributed by atoms with Gasteiger partial charge in [0.05, 0.1) is 18.3 Å². The maximum Gasteiger partial charge on any atom is 0.248 e. The number of aromatic amines is 1. The van der Waals surface area contributed by atoms with Crippen molar-refractivity contribution in [2.75, 3.05) is 5.32 Å². The number of amides is 1. The summed E-state index contributed by atoms with van der Waals surface area (Å²) in [5.41, 5.74) is 1.32. The molecule has 1 aliphatic carbocycles. The Balaban J connectivity index is 1.61. The molecule has 2 aromatic heterocycles. The maximum atomic E-state index is 13.9. The lowest BCUT2D eigenvalue weighted by Gasteiger charge is -2.23. The zero-order chi connectivity index (χ0) is 20.4. The number of carbonyl (C=O) groups is 1. The van der Waals surface area contributed by atoms with Crippen molar-refractivity contribution in [3.63, 3.8) is 0 Å². The van der Waals surface area contributed by atoms with Crippen LogP contribution >= 0.6 is 11.6 Å². The lowest BCUT2D eigenvalue weighted by molar-refractivity contribution is -0.118. The molecule has 0 radical (unpaired) electrons. The Bertz CT molecular complexity index is 980. The van der Waals surface area contributed by atoms with Crippen LogP contribution in [0.4, 0.5) is 14.6 Å². The molecule has 8 nitrogen and oxygen atoms in total. The molecule has 1 fully saturated rings. The molecule has 11 heteroatoms. The van der Waals surface area contributed by atoms with Gasteiger partial charge in [-0.2, -0.15) is 5.21 Å². The molecule has 2 heterocycles. The molecule has 1 amide bonds. The molecule has 2 atom stereocenters. The van der Waals surface area contributed by atoms with E-state index in [2.05, 4.69) is 35.9 Å².